The number of hydrogen-bond acceptors (Lipinski definition) is 6. The monoisotopic (exact) mass is 511 g/mol. The number of nitrogens with zero attached hydrogens (tertiary/aromatic N) is 1. The molecule has 1 aromatic carbocycles. The van der Waals surface area contributed by atoms with E-state index >= 15 is 0 Å². The van der Waals surface area contributed by atoms with Gasteiger partial charge in [0, 0.05) is 0 Å². The fourth-order valence-electron chi connectivity index (χ4n) is 5.54. The van der Waals surface area contributed by atoms with Crippen molar-refractivity contribution in [3.05, 3.63) is 29.3 Å². The Balaban J connectivity index is 0.000000712. The van der Waals surface area contributed by atoms with Crippen molar-refractivity contribution in [3.8, 4) is 5.75 Å². The van der Waals surface area contributed by atoms with Crippen molar-refractivity contribution in [1.29, 1.82) is 0 Å². The second-order valence-electron chi connectivity index (χ2n) is 11.3. The summed E-state index contributed by atoms with van der Waals surface area (Å²) < 4.78 is 6.34. The van der Waals surface area contributed by atoms with E-state index in [-0.39, 0.29) is 36.8 Å². The first-order chi connectivity index (χ1) is 16.6. The van der Waals surface area contributed by atoms with Crippen LogP contribution in [0.25, 0.3) is 0 Å². The summed E-state index contributed by atoms with van der Waals surface area (Å²) >= 11 is 0. The summed E-state index contributed by atoms with van der Waals surface area (Å²) in [7, 11) is 6.16. The number of ether oxygens (including phenoxy) is 1. The molecule has 208 valence electrons. The fraction of sp³-hybridized carbons (Fsp3) is 0.750. The van der Waals surface area contributed by atoms with E-state index in [2.05, 4.69) is 34.1 Å². The fourth-order valence-corrected chi connectivity index (χ4v) is 5.54. The normalized spacial score (nSPS) is 23.4. The number of carboxylic acids is 1. The van der Waals surface area contributed by atoms with Crippen LogP contribution in [0, 0.1) is 17.8 Å². The van der Waals surface area contributed by atoms with Gasteiger partial charge in [0.05, 0.1) is 40.0 Å². The van der Waals surface area contributed by atoms with Crippen LogP contribution in [0.4, 0.5) is 0 Å². The van der Waals surface area contributed by atoms with E-state index in [1.165, 1.54) is 5.56 Å². The van der Waals surface area contributed by atoms with Gasteiger partial charge in [-0.15, -0.1) is 0 Å². The maximum Gasteiger partial charge on any atom is 0.341 e. The van der Waals surface area contributed by atoms with E-state index < -0.39 is 5.97 Å². The highest BCUT2D eigenvalue weighted by Gasteiger charge is 2.44. The second kappa shape index (κ2) is 15.5. The Morgan fingerprint density at radius 2 is 1.89 bits per heavy atom. The zero-order valence-corrected chi connectivity index (χ0v) is 22.6. The third kappa shape index (κ3) is 10.3. The number of unbranched alkanes of at least 4 members (excludes halogenated alkanes) is 2. The molecule has 0 saturated heterocycles. The van der Waals surface area contributed by atoms with Crippen molar-refractivity contribution in [2.24, 2.45) is 17.8 Å². The molecule has 0 bridgehead atoms. The highest BCUT2D eigenvalue weighted by Crippen LogP contribution is 2.48. The van der Waals surface area contributed by atoms with Gasteiger partial charge in [-0.25, -0.2) is 4.79 Å². The molecule has 3 rings (SSSR count). The molecule has 1 aromatic rings. The van der Waals surface area contributed by atoms with Gasteiger partial charge < -0.3 is 35.1 Å². The van der Waals surface area contributed by atoms with E-state index in [1.807, 2.05) is 12.1 Å². The molecule has 2 aliphatic rings. The lowest BCUT2D eigenvalue weighted by Gasteiger charge is -2.32. The first kappa shape index (κ1) is 32.3. The zero-order valence-electron chi connectivity index (χ0n) is 22.6. The summed E-state index contributed by atoms with van der Waals surface area (Å²) in [6.45, 7) is 2.95. The minimum atomic E-state index is -0.972. The molecule has 5 N–H and O–H groups in total. The largest absolute Gasteiger partial charge is 0.870 e. The van der Waals surface area contributed by atoms with Gasteiger partial charge in [-0.3, -0.25) is 0 Å². The Hall–Kier alpha value is -1.71. The Morgan fingerprint density at radius 1 is 1.17 bits per heavy atom. The van der Waals surface area contributed by atoms with Crippen LogP contribution in [0.5, 0.6) is 5.75 Å². The first-order valence-corrected chi connectivity index (χ1v) is 13.3. The third-order valence-electron chi connectivity index (χ3n) is 7.44. The van der Waals surface area contributed by atoms with Crippen molar-refractivity contribution in [2.45, 2.75) is 76.9 Å². The van der Waals surface area contributed by atoms with Crippen molar-refractivity contribution in [1.82, 2.24) is 0 Å². The molecular formula is C28H49NO7. The minimum Gasteiger partial charge on any atom is -0.870 e. The van der Waals surface area contributed by atoms with E-state index in [1.54, 1.807) is 0 Å². The molecule has 0 radical (unpaired) electrons. The molecule has 1 saturated carbocycles. The summed E-state index contributed by atoms with van der Waals surface area (Å²) in [6.07, 6.45) is 7.85. The van der Waals surface area contributed by atoms with Crippen LogP contribution in [0.3, 0.4) is 0 Å². The number of carbonyl (C=O) groups is 1. The van der Waals surface area contributed by atoms with Gasteiger partial charge in [0.1, 0.15) is 12.3 Å². The second-order valence-corrected chi connectivity index (χ2v) is 11.3. The molecule has 0 spiro atoms. The SMILES string of the molecule is CCCCC[C@H](O)CC[C@@H]1[C@H]2Cc3cccc(OCC(=O)O)c3C[C@H]2C[C@H]1O.C[N+](C)(C)CCO.[OH-]. The van der Waals surface area contributed by atoms with Crippen molar-refractivity contribution < 1.29 is 39.9 Å². The molecular weight excluding hydrogens is 462 g/mol. The van der Waals surface area contributed by atoms with Gasteiger partial charge in [0.15, 0.2) is 6.61 Å². The summed E-state index contributed by atoms with van der Waals surface area (Å²) in [6, 6.07) is 5.87. The van der Waals surface area contributed by atoms with Crippen molar-refractivity contribution in [3.63, 3.8) is 0 Å². The number of likely N-dealkylation sites (N-methyl/N-ethyl adjacent to an activating group) is 1. The molecule has 0 amide bonds. The molecule has 0 aromatic heterocycles. The molecule has 0 aliphatic heterocycles. The van der Waals surface area contributed by atoms with Crippen LogP contribution >= 0.6 is 0 Å². The Morgan fingerprint density at radius 3 is 2.47 bits per heavy atom. The average molecular weight is 512 g/mol. The molecule has 0 heterocycles. The molecule has 0 unspecified atom stereocenters. The quantitative estimate of drug-likeness (QED) is 0.250. The topological polar surface area (TPSA) is 137 Å². The van der Waals surface area contributed by atoms with Crippen LogP contribution in [-0.4, -0.2) is 89.5 Å². The predicted molar refractivity (Wildman–Crippen MR) is 139 cm³/mol. The average Bonchev–Trinajstić information content (AvgIpc) is 3.08. The molecule has 36 heavy (non-hydrogen) atoms. The highest BCUT2D eigenvalue weighted by atomic mass is 16.5. The van der Waals surface area contributed by atoms with Crippen LogP contribution in [0.1, 0.15) is 63.0 Å². The summed E-state index contributed by atoms with van der Waals surface area (Å²) in [5.74, 6) is 0.768. The van der Waals surface area contributed by atoms with Gasteiger partial charge in [-0.1, -0.05) is 38.3 Å². The Labute approximate surface area is 216 Å². The Bertz CT molecular complexity index is 780. The van der Waals surface area contributed by atoms with Crippen LogP contribution in [0.2, 0.25) is 0 Å². The Kier molecular flexibility index (Phi) is 13.9. The standard InChI is InChI=1S/C23H34O5.C5H14NO.H2O/c1-2-3-4-7-17(24)9-10-18-19-11-15-6-5-8-22(28-14-23(26)27)20(15)12-16(19)13-21(18)25;1-6(2,3)4-5-7;/h5-6,8,16-19,21,24-25H,2-4,7,9-14H2,1H3,(H,26,27);7H,4-5H2,1-3H3;1H2/q;+1;/p-1/t16-,17-,18+,19-,21+;;/m0../s1. The van der Waals surface area contributed by atoms with E-state index in [0.29, 0.717) is 17.6 Å². The van der Waals surface area contributed by atoms with Crippen LogP contribution in [-0.2, 0) is 17.6 Å². The highest BCUT2D eigenvalue weighted by molar-refractivity contribution is 5.68. The van der Waals surface area contributed by atoms with Crippen LogP contribution in [0.15, 0.2) is 18.2 Å². The number of aliphatic hydroxyl groups is 3. The molecule has 2 aliphatic carbocycles. The maximum atomic E-state index is 10.8. The van der Waals surface area contributed by atoms with Crippen molar-refractivity contribution in [2.75, 3.05) is 40.9 Å². The third-order valence-corrected chi connectivity index (χ3v) is 7.44. The molecule has 5 atom stereocenters. The van der Waals surface area contributed by atoms with Gasteiger partial charge in [-0.2, -0.15) is 0 Å². The summed E-state index contributed by atoms with van der Waals surface area (Å²) in [5, 5.41) is 38.2. The van der Waals surface area contributed by atoms with Crippen LogP contribution < -0.4 is 4.74 Å². The van der Waals surface area contributed by atoms with E-state index in [0.717, 1.165) is 74.4 Å². The van der Waals surface area contributed by atoms with Gasteiger partial charge >= 0.3 is 5.97 Å². The number of aliphatic carboxylic acids is 1. The lowest BCUT2D eigenvalue weighted by Crippen LogP contribution is -2.36. The minimum absolute atomic E-state index is 0. The molecule has 1 fully saturated rings. The van der Waals surface area contributed by atoms with Crippen molar-refractivity contribution >= 4 is 5.97 Å². The molecule has 8 heteroatoms. The number of hydrogen-bond donors (Lipinski definition) is 4. The number of quaternary nitrogens is 1. The van der Waals surface area contributed by atoms with E-state index in [4.69, 9.17) is 14.9 Å². The first-order valence-electron chi connectivity index (χ1n) is 13.3. The summed E-state index contributed by atoms with van der Waals surface area (Å²) in [4.78, 5) is 10.8. The summed E-state index contributed by atoms with van der Waals surface area (Å²) in [5.41, 5.74) is 2.32. The number of rotatable bonds is 12. The van der Waals surface area contributed by atoms with Gasteiger partial charge in [-0.05, 0) is 73.5 Å². The number of carboxylic acid groups (broad SMARTS) is 1. The number of aliphatic hydroxyl groups excluding tert-OH is 3. The maximum absolute atomic E-state index is 10.8. The lowest BCUT2D eigenvalue weighted by atomic mass is 9.73. The lowest BCUT2D eigenvalue weighted by molar-refractivity contribution is -0.870. The predicted octanol–water partition coefficient (Wildman–Crippen LogP) is 3.09. The van der Waals surface area contributed by atoms with E-state index in [9.17, 15) is 15.0 Å². The smallest absolute Gasteiger partial charge is 0.341 e. The molecule has 8 nitrogen and oxygen atoms in total. The van der Waals surface area contributed by atoms with Gasteiger partial charge in [0.2, 0.25) is 0 Å². The van der Waals surface area contributed by atoms with Gasteiger partial charge in [0.25, 0.3) is 0 Å². The number of benzene rings is 1. The number of fused-ring (bicyclic) bond motifs is 2. The zero-order chi connectivity index (χ0) is 26.0.